The Bertz CT molecular complexity index is 506. The van der Waals surface area contributed by atoms with Gasteiger partial charge in [-0.15, -0.1) is 0 Å². The molecule has 0 nitrogen and oxygen atoms in total. The number of hydrogen-bond acceptors (Lipinski definition) is 0. The Morgan fingerprint density at radius 1 is 0.680 bits per heavy atom. The summed E-state index contributed by atoms with van der Waals surface area (Å²) in [6, 6.07) is 13.1. The largest absolute Gasteiger partial charge is 0.207 e. The van der Waals surface area contributed by atoms with E-state index in [9.17, 15) is 8.78 Å². The van der Waals surface area contributed by atoms with Crippen molar-refractivity contribution in [3.8, 4) is 0 Å². The number of halogens is 2. The predicted octanol–water partition coefficient (Wildman–Crippen LogP) is 7.36. The van der Waals surface area contributed by atoms with Gasteiger partial charge in [0.1, 0.15) is 11.6 Å². The Labute approximate surface area is 152 Å². The van der Waals surface area contributed by atoms with Crippen LogP contribution in [0.3, 0.4) is 0 Å². The van der Waals surface area contributed by atoms with Gasteiger partial charge < -0.3 is 0 Å². The molecular weight excluding hydrogens is 314 g/mol. The highest BCUT2D eigenvalue weighted by Gasteiger charge is 2.05. The molecule has 0 bridgehead atoms. The van der Waals surface area contributed by atoms with Crippen LogP contribution in [0.4, 0.5) is 8.78 Å². The molecule has 138 valence electrons. The van der Waals surface area contributed by atoms with Crippen molar-refractivity contribution in [1.29, 1.82) is 0 Å². The fourth-order valence-electron chi connectivity index (χ4n) is 2.75. The minimum absolute atomic E-state index is 0.160. The lowest BCUT2D eigenvalue weighted by Crippen LogP contribution is -1.99. The molecule has 2 aromatic carbocycles. The number of hydrogen-bond donors (Lipinski definition) is 0. The van der Waals surface area contributed by atoms with Gasteiger partial charge >= 0.3 is 0 Å². The highest BCUT2D eigenvalue weighted by Crippen LogP contribution is 2.22. The van der Waals surface area contributed by atoms with Crippen LogP contribution >= 0.6 is 0 Å². The molecule has 0 atom stereocenters. The number of rotatable bonds is 2. The van der Waals surface area contributed by atoms with Gasteiger partial charge in [0.25, 0.3) is 0 Å². The SMILES string of the molecule is CC1CCCCC1.CCc1ccc(F)cc1.CCc1ccc(F)cc1. The zero-order valence-electron chi connectivity index (χ0n) is 15.9. The van der Waals surface area contributed by atoms with Gasteiger partial charge in [-0.1, -0.05) is 77.1 Å². The lowest BCUT2D eigenvalue weighted by Gasteiger charge is -2.15. The second kappa shape index (κ2) is 12.6. The van der Waals surface area contributed by atoms with Crippen LogP contribution < -0.4 is 0 Å². The summed E-state index contributed by atoms with van der Waals surface area (Å²) in [5, 5.41) is 0. The van der Waals surface area contributed by atoms with E-state index in [1.165, 1.54) is 67.5 Å². The smallest absolute Gasteiger partial charge is 0.123 e. The Hall–Kier alpha value is -1.70. The first-order valence-corrected chi connectivity index (χ1v) is 9.54. The molecule has 1 fully saturated rings. The van der Waals surface area contributed by atoms with Gasteiger partial charge in [-0.05, 0) is 54.2 Å². The van der Waals surface area contributed by atoms with Crippen LogP contribution in [0.5, 0.6) is 0 Å². The van der Waals surface area contributed by atoms with E-state index in [2.05, 4.69) is 6.92 Å². The van der Waals surface area contributed by atoms with Crippen LogP contribution in [0.1, 0.15) is 64.0 Å². The molecule has 1 saturated carbocycles. The zero-order valence-corrected chi connectivity index (χ0v) is 15.9. The fraction of sp³-hybridized carbons (Fsp3) is 0.478. The molecule has 0 spiro atoms. The Morgan fingerprint density at radius 2 is 1.04 bits per heavy atom. The normalized spacial score (nSPS) is 14.0. The number of benzene rings is 2. The Balaban J connectivity index is 0.000000189. The molecule has 2 heteroatoms. The molecule has 1 aliphatic rings. The minimum atomic E-state index is -0.160. The van der Waals surface area contributed by atoms with Gasteiger partial charge in [0.2, 0.25) is 0 Å². The maximum Gasteiger partial charge on any atom is 0.123 e. The van der Waals surface area contributed by atoms with Gasteiger partial charge in [0, 0.05) is 0 Å². The number of aryl methyl sites for hydroxylation is 2. The predicted molar refractivity (Wildman–Crippen MR) is 104 cm³/mol. The van der Waals surface area contributed by atoms with Crippen molar-refractivity contribution in [3.05, 3.63) is 71.3 Å². The maximum atomic E-state index is 12.2. The lowest BCUT2D eigenvalue weighted by atomic mass is 9.91. The van der Waals surface area contributed by atoms with Crippen LogP contribution in [0.2, 0.25) is 0 Å². The quantitative estimate of drug-likeness (QED) is 0.533. The van der Waals surface area contributed by atoms with Gasteiger partial charge in [-0.3, -0.25) is 0 Å². The van der Waals surface area contributed by atoms with Crippen molar-refractivity contribution < 1.29 is 8.78 Å². The summed E-state index contributed by atoms with van der Waals surface area (Å²) in [7, 11) is 0. The van der Waals surface area contributed by atoms with Gasteiger partial charge in [0.15, 0.2) is 0 Å². The summed E-state index contributed by atoms with van der Waals surface area (Å²) in [5.74, 6) is 0.716. The van der Waals surface area contributed by atoms with Crippen molar-refractivity contribution in [1.82, 2.24) is 0 Å². The molecule has 0 unspecified atom stereocenters. The monoisotopic (exact) mass is 346 g/mol. The third-order valence-corrected chi connectivity index (χ3v) is 4.54. The van der Waals surface area contributed by atoms with Crippen LogP contribution in [-0.4, -0.2) is 0 Å². The first-order chi connectivity index (χ1) is 12.0. The second-order valence-electron chi connectivity index (χ2n) is 6.70. The molecule has 0 radical (unpaired) electrons. The van der Waals surface area contributed by atoms with E-state index >= 15 is 0 Å². The molecular formula is C23H32F2. The van der Waals surface area contributed by atoms with Gasteiger partial charge in [0.05, 0.1) is 0 Å². The van der Waals surface area contributed by atoms with Crippen molar-refractivity contribution in [3.63, 3.8) is 0 Å². The highest BCUT2D eigenvalue weighted by atomic mass is 19.1. The summed E-state index contributed by atoms with van der Waals surface area (Å²) >= 11 is 0. The molecule has 3 rings (SSSR count). The molecule has 0 saturated heterocycles. The van der Waals surface area contributed by atoms with Crippen molar-refractivity contribution in [2.24, 2.45) is 5.92 Å². The molecule has 0 N–H and O–H groups in total. The standard InChI is InChI=1S/2C8H9F.C7H14/c2*1-2-7-3-5-8(9)6-4-7;1-7-5-3-2-4-6-7/h2*3-6H,2H2,1H3;7H,2-6H2,1H3. The molecule has 2 aromatic rings. The van der Waals surface area contributed by atoms with Crippen molar-refractivity contribution >= 4 is 0 Å². The molecule has 0 amide bonds. The average Bonchev–Trinajstić information content (AvgIpc) is 2.65. The van der Waals surface area contributed by atoms with E-state index in [1.807, 2.05) is 13.8 Å². The summed E-state index contributed by atoms with van der Waals surface area (Å²) in [4.78, 5) is 0. The van der Waals surface area contributed by atoms with E-state index < -0.39 is 0 Å². The van der Waals surface area contributed by atoms with Crippen LogP contribution in [0.15, 0.2) is 48.5 Å². The lowest BCUT2D eigenvalue weighted by molar-refractivity contribution is 0.385. The third-order valence-electron chi connectivity index (χ3n) is 4.54. The Kier molecular flexibility index (Phi) is 10.8. The average molecular weight is 347 g/mol. The van der Waals surface area contributed by atoms with Crippen LogP contribution in [0, 0.1) is 17.6 Å². The van der Waals surface area contributed by atoms with E-state index in [1.54, 1.807) is 24.3 Å². The topological polar surface area (TPSA) is 0 Å². The van der Waals surface area contributed by atoms with E-state index in [-0.39, 0.29) is 11.6 Å². The van der Waals surface area contributed by atoms with Gasteiger partial charge in [-0.25, -0.2) is 8.78 Å². The molecule has 0 heterocycles. The first kappa shape index (κ1) is 21.3. The minimum Gasteiger partial charge on any atom is -0.207 e. The maximum absolute atomic E-state index is 12.2. The molecule has 1 aliphatic carbocycles. The summed E-state index contributed by atoms with van der Waals surface area (Å²) < 4.78 is 24.4. The van der Waals surface area contributed by atoms with Crippen LogP contribution in [-0.2, 0) is 12.8 Å². The van der Waals surface area contributed by atoms with Crippen molar-refractivity contribution in [2.45, 2.75) is 65.7 Å². The third kappa shape index (κ3) is 10.0. The molecule has 25 heavy (non-hydrogen) atoms. The first-order valence-electron chi connectivity index (χ1n) is 9.54. The highest BCUT2D eigenvalue weighted by molar-refractivity contribution is 5.16. The van der Waals surface area contributed by atoms with Crippen LogP contribution in [0.25, 0.3) is 0 Å². The Morgan fingerprint density at radius 3 is 1.28 bits per heavy atom. The van der Waals surface area contributed by atoms with Gasteiger partial charge in [-0.2, -0.15) is 0 Å². The summed E-state index contributed by atoms with van der Waals surface area (Å²) in [5.41, 5.74) is 2.35. The summed E-state index contributed by atoms with van der Waals surface area (Å²) in [6.45, 7) is 6.46. The second-order valence-corrected chi connectivity index (χ2v) is 6.70. The fourth-order valence-corrected chi connectivity index (χ4v) is 2.75. The van der Waals surface area contributed by atoms with Crippen molar-refractivity contribution in [2.75, 3.05) is 0 Å². The molecule has 0 aliphatic heterocycles. The summed E-state index contributed by atoms with van der Waals surface area (Å²) in [6.07, 6.45) is 9.38. The zero-order chi connectivity index (χ0) is 18.5. The van der Waals surface area contributed by atoms with E-state index in [0.717, 1.165) is 18.8 Å². The van der Waals surface area contributed by atoms with E-state index in [4.69, 9.17) is 0 Å². The van der Waals surface area contributed by atoms with E-state index in [0.29, 0.717) is 0 Å². The molecule has 0 aromatic heterocycles.